The minimum Gasteiger partial charge on any atom is -0.490 e. The molecule has 1 aromatic carbocycles. The summed E-state index contributed by atoms with van der Waals surface area (Å²) in [4.78, 5) is 0. The van der Waals surface area contributed by atoms with Crippen LogP contribution in [0.4, 0.5) is 0 Å². The van der Waals surface area contributed by atoms with E-state index in [1.807, 2.05) is 19.1 Å². The molecule has 0 unspecified atom stereocenters. The van der Waals surface area contributed by atoms with E-state index in [-0.39, 0.29) is 18.0 Å². The SMILES string of the molecule is CCOc1cccc2c1OC1(CNC1)C2.Cl. The second kappa shape index (κ2) is 4.15. The second-order valence-corrected chi connectivity index (χ2v) is 4.24. The van der Waals surface area contributed by atoms with Crippen LogP contribution in [0.15, 0.2) is 18.2 Å². The van der Waals surface area contributed by atoms with Crippen molar-refractivity contribution in [3.63, 3.8) is 0 Å². The quantitative estimate of drug-likeness (QED) is 0.856. The minimum atomic E-state index is 0. The maximum Gasteiger partial charge on any atom is 0.165 e. The van der Waals surface area contributed by atoms with Gasteiger partial charge in [-0.2, -0.15) is 0 Å². The molecule has 1 fully saturated rings. The summed E-state index contributed by atoms with van der Waals surface area (Å²) in [6.45, 7) is 4.58. The van der Waals surface area contributed by atoms with Gasteiger partial charge in [0.15, 0.2) is 11.5 Å². The lowest BCUT2D eigenvalue weighted by Crippen LogP contribution is -2.62. The first-order valence-corrected chi connectivity index (χ1v) is 5.47. The van der Waals surface area contributed by atoms with Crippen LogP contribution in [0.3, 0.4) is 0 Å². The summed E-state index contributed by atoms with van der Waals surface area (Å²) in [5.41, 5.74) is 1.30. The third-order valence-electron chi connectivity index (χ3n) is 3.09. The Kier molecular flexibility index (Phi) is 3.00. The lowest BCUT2D eigenvalue weighted by Gasteiger charge is -2.38. The number of halogens is 1. The summed E-state index contributed by atoms with van der Waals surface area (Å²) < 4.78 is 11.6. The van der Waals surface area contributed by atoms with Gasteiger partial charge in [-0.15, -0.1) is 12.4 Å². The van der Waals surface area contributed by atoms with Crippen molar-refractivity contribution in [2.45, 2.75) is 18.9 Å². The Bertz CT molecular complexity index is 391. The Hall–Kier alpha value is -0.930. The summed E-state index contributed by atoms with van der Waals surface area (Å²) in [6, 6.07) is 6.15. The third-order valence-corrected chi connectivity index (χ3v) is 3.09. The molecule has 2 aliphatic heterocycles. The van der Waals surface area contributed by atoms with E-state index in [9.17, 15) is 0 Å². The van der Waals surface area contributed by atoms with Gasteiger partial charge >= 0.3 is 0 Å². The predicted molar refractivity (Wildman–Crippen MR) is 64.8 cm³/mol. The van der Waals surface area contributed by atoms with E-state index in [0.717, 1.165) is 31.0 Å². The van der Waals surface area contributed by atoms with Crippen LogP contribution < -0.4 is 14.8 Å². The van der Waals surface area contributed by atoms with Crippen LogP contribution in [0.1, 0.15) is 12.5 Å². The first kappa shape index (κ1) is 11.6. The fraction of sp³-hybridized carbons (Fsp3) is 0.500. The Balaban J connectivity index is 0.000000963. The van der Waals surface area contributed by atoms with Crippen molar-refractivity contribution < 1.29 is 9.47 Å². The molecule has 0 aliphatic carbocycles. The molecule has 0 bridgehead atoms. The standard InChI is InChI=1S/C12H15NO2.ClH/c1-2-14-10-5-3-4-9-6-12(7-13-8-12)15-11(9)10;/h3-5,13H,2,6-8H2,1H3;1H. The average Bonchev–Trinajstić information content (AvgIpc) is 2.58. The molecule has 3 rings (SSSR count). The summed E-state index contributed by atoms with van der Waals surface area (Å²) in [5, 5.41) is 3.26. The topological polar surface area (TPSA) is 30.5 Å². The van der Waals surface area contributed by atoms with Gasteiger partial charge in [0.2, 0.25) is 0 Å². The average molecular weight is 242 g/mol. The van der Waals surface area contributed by atoms with Crippen molar-refractivity contribution >= 4 is 12.4 Å². The van der Waals surface area contributed by atoms with Crippen molar-refractivity contribution in [1.29, 1.82) is 0 Å². The second-order valence-electron chi connectivity index (χ2n) is 4.24. The molecule has 0 saturated carbocycles. The van der Waals surface area contributed by atoms with E-state index in [1.165, 1.54) is 5.56 Å². The van der Waals surface area contributed by atoms with E-state index in [2.05, 4.69) is 11.4 Å². The lowest BCUT2D eigenvalue weighted by atomic mass is 9.91. The van der Waals surface area contributed by atoms with E-state index < -0.39 is 0 Å². The summed E-state index contributed by atoms with van der Waals surface area (Å²) in [6.07, 6.45) is 1.01. The number of nitrogens with one attached hydrogen (secondary N) is 1. The number of hydrogen-bond donors (Lipinski definition) is 1. The number of fused-ring (bicyclic) bond motifs is 1. The molecule has 0 amide bonds. The summed E-state index contributed by atoms with van der Waals surface area (Å²) >= 11 is 0. The smallest absolute Gasteiger partial charge is 0.165 e. The van der Waals surface area contributed by atoms with E-state index >= 15 is 0 Å². The molecule has 4 heteroatoms. The third kappa shape index (κ3) is 1.64. The molecule has 1 saturated heterocycles. The predicted octanol–water partition coefficient (Wildman–Crippen LogP) is 1.78. The minimum absolute atomic E-state index is 0. The van der Waals surface area contributed by atoms with Crippen LogP contribution in [-0.2, 0) is 6.42 Å². The monoisotopic (exact) mass is 241 g/mol. The normalized spacial score (nSPS) is 19.3. The molecule has 0 atom stereocenters. The fourth-order valence-electron chi connectivity index (χ4n) is 2.29. The van der Waals surface area contributed by atoms with Crippen LogP contribution in [-0.4, -0.2) is 25.3 Å². The molecular weight excluding hydrogens is 226 g/mol. The van der Waals surface area contributed by atoms with Gasteiger partial charge in [0.25, 0.3) is 0 Å². The van der Waals surface area contributed by atoms with Crippen molar-refractivity contribution in [2.75, 3.05) is 19.7 Å². The number of para-hydroxylation sites is 1. The highest BCUT2D eigenvalue weighted by Crippen LogP contribution is 2.43. The number of benzene rings is 1. The van der Waals surface area contributed by atoms with Gasteiger partial charge < -0.3 is 14.8 Å². The van der Waals surface area contributed by atoms with Gasteiger partial charge in [-0.1, -0.05) is 12.1 Å². The number of hydrogen-bond acceptors (Lipinski definition) is 3. The molecule has 0 aromatic heterocycles. The van der Waals surface area contributed by atoms with Gasteiger partial charge in [0, 0.05) is 25.1 Å². The highest BCUT2D eigenvalue weighted by molar-refractivity contribution is 5.85. The number of rotatable bonds is 2. The van der Waals surface area contributed by atoms with Crippen molar-refractivity contribution in [3.8, 4) is 11.5 Å². The van der Waals surface area contributed by atoms with Crippen LogP contribution in [0.2, 0.25) is 0 Å². The largest absolute Gasteiger partial charge is 0.490 e. The number of ether oxygens (including phenoxy) is 2. The van der Waals surface area contributed by atoms with E-state index in [1.54, 1.807) is 0 Å². The zero-order valence-electron chi connectivity index (χ0n) is 9.29. The molecular formula is C12H16ClNO2. The highest BCUT2D eigenvalue weighted by atomic mass is 35.5. The van der Waals surface area contributed by atoms with E-state index in [0.29, 0.717) is 6.61 Å². The Morgan fingerprint density at radius 2 is 2.25 bits per heavy atom. The molecule has 88 valence electrons. The van der Waals surface area contributed by atoms with Crippen molar-refractivity contribution in [1.82, 2.24) is 5.32 Å². The lowest BCUT2D eigenvalue weighted by molar-refractivity contribution is 0.0362. The summed E-state index contributed by atoms with van der Waals surface area (Å²) in [7, 11) is 0. The molecule has 2 aliphatic rings. The highest BCUT2D eigenvalue weighted by Gasteiger charge is 2.45. The summed E-state index contributed by atoms with van der Waals surface area (Å²) in [5.74, 6) is 1.85. The first-order valence-electron chi connectivity index (χ1n) is 5.47. The van der Waals surface area contributed by atoms with Gasteiger partial charge in [-0.25, -0.2) is 0 Å². The van der Waals surface area contributed by atoms with Gasteiger partial charge in [0.1, 0.15) is 5.60 Å². The van der Waals surface area contributed by atoms with E-state index in [4.69, 9.17) is 9.47 Å². The maximum atomic E-state index is 6.03. The van der Waals surface area contributed by atoms with Crippen LogP contribution in [0.25, 0.3) is 0 Å². The Morgan fingerprint density at radius 1 is 1.44 bits per heavy atom. The van der Waals surface area contributed by atoms with Gasteiger partial charge in [0.05, 0.1) is 6.61 Å². The molecule has 1 spiro atoms. The Labute approximate surface area is 102 Å². The van der Waals surface area contributed by atoms with Gasteiger partial charge in [-0.3, -0.25) is 0 Å². The van der Waals surface area contributed by atoms with Crippen molar-refractivity contribution in [3.05, 3.63) is 23.8 Å². The molecule has 2 heterocycles. The fourth-order valence-corrected chi connectivity index (χ4v) is 2.29. The molecule has 1 aromatic rings. The first-order chi connectivity index (χ1) is 7.33. The molecule has 1 N–H and O–H groups in total. The van der Waals surface area contributed by atoms with Crippen LogP contribution >= 0.6 is 12.4 Å². The van der Waals surface area contributed by atoms with Crippen LogP contribution in [0, 0.1) is 0 Å². The maximum absolute atomic E-state index is 6.03. The van der Waals surface area contributed by atoms with Gasteiger partial charge in [-0.05, 0) is 13.0 Å². The molecule has 3 nitrogen and oxygen atoms in total. The zero-order chi connectivity index (χ0) is 10.3. The zero-order valence-corrected chi connectivity index (χ0v) is 10.1. The van der Waals surface area contributed by atoms with Crippen LogP contribution in [0.5, 0.6) is 11.5 Å². The molecule has 0 radical (unpaired) electrons. The van der Waals surface area contributed by atoms with Crippen molar-refractivity contribution in [2.24, 2.45) is 0 Å². The Morgan fingerprint density at radius 3 is 2.88 bits per heavy atom. The molecule has 16 heavy (non-hydrogen) atoms.